The van der Waals surface area contributed by atoms with Crippen LogP contribution in [0.15, 0.2) is 155 Å². The summed E-state index contributed by atoms with van der Waals surface area (Å²) in [7, 11) is 0. The summed E-state index contributed by atoms with van der Waals surface area (Å²) in [6.07, 6.45) is 40.0. The predicted octanol–water partition coefficient (Wildman–Crippen LogP) is 14.1. The molecule has 0 N–H and O–H groups in total. The lowest BCUT2D eigenvalue weighted by molar-refractivity contribution is 0.0403. The van der Waals surface area contributed by atoms with Crippen molar-refractivity contribution in [2.45, 2.75) is 96.6 Å². The molecule has 4 heteroatoms. The molecular formula is C59H60N2O2. The van der Waals surface area contributed by atoms with Crippen LogP contribution in [0.3, 0.4) is 0 Å². The van der Waals surface area contributed by atoms with Gasteiger partial charge >= 0.3 is 0 Å². The highest BCUT2D eigenvalue weighted by molar-refractivity contribution is 5.95. The molecule has 63 heavy (non-hydrogen) atoms. The van der Waals surface area contributed by atoms with Crippen molar-refractivity contribution >= 4 is 40.1 Å². The molecule has 7 aliphatic carbocycles. The second kappa shape index (κ2) is 15.3. The Hall–Kier alpha value is -5.58. The summed E-state index contributed by atoms with van der Waals surface area (Å²) in [5.74, 6) is 3.63. The van der Waals surface area contributed by atoms with E-state index < -0.39 is 0 Å². The highest BCUT2D eigenvalue weighted by atomic mass is 16.5. The molecule has 1 saturated heterocycles. The quantitative estimate of drug-likeness (QED) is 0.165. The number of anilines is 2. The van der Waals surface area contributed by atoms with Crippen LogP contribution in [0.2, 0.25) is 0 Å². The Morgan fingerprint density at radius 3 is 2.40 bits per heavy atom. The molecule has 0 spiro atoms. The lowest BCUT2D eigenvalue weighted by Gasteiger charge is -2.48. The Bertz CT molecular complexity index is 2760. The molecule has 0 radical (unpaired) electrons. The Kier molecular flexibility index (Phi) is 9.48. The fraction of sp³-hybridized carbons (Fsp3) is 0.356. The number of hydrogen-bond acceptors (Lipinski definition) is 4. The van der Waals surface area contributed by atoms with Crippen LogP contribution in [0.1, 0.15) is 99.4 Å². The molecule has 3 aromatic carbocycles. The molecule has 2 heterocycles. The van der Waals surface area contributed by atoms with E-state index >= 15 is 0 Å². The molecule has 10 unspecified atom stereocenters. The smallest absolute Gasteiger partial charge is 0.135 e. The molecule has 0 bridgehead atoms. The second-order valence-corrected chi connectivity index (χ2v) is 20.0. The van der Waals surface area contributed by atoms with E-state index in [1.54, 1.807) is 11.1 Å². The topological polar surface area (TPSA) is 28.9 Å². The van der Waals surface area contributed by atoms with Crippen LogP contribution in [0.4, 0.5) is 11.4 Å². The van der Waals surface area contributed by atoms with Gasteiger partial charge < -0.3 is 19.0 Å². The molecule has 1 aromatic heterocycles. The maximum Gasteiger partial charge on any atom is 0.135 e. The number of benzene rings is 3. The first-order valence-electron chi connectivity index (χ1n) is 24.0. The molecule has 0 amide bonds. The third-order valence-corrected chi connectivity index (χ3v) is 15.9. The molecular weight excluding hydrogens is 769 g/mol. The third kappa shape index (κ3) is 6.11. The Labute approximate surface area is 374 Å². The van der Waals surface area contributed by atoms with E-state index in [1.807, 2.05) is 0 Å². The van der Waals surface area contributed by atoms with Gasteiger partial charge in [-0.05, 0) is 101 Å². The molecule has 0 saturated carbocycles. The molecule has 4 nitrogen and oxygen atoms in total. The van der Waals surface area contributed by atoms with Crippen LogP contribution in [0.25, 0.3) is 28.7 Å². The Morgan fingerprint density at radius 2 is 1.56 bits per heavy atom. The first-order valence-corrected chi connectivity index (χ1v) is 24.0. The zero-order valence-corrected chi connectivity index (χ0v) is 37.4. The Morgan fingerprint density at radius 1 is 0.746 bits per heavy atom. The fourth-order valence-electron chi connectivity index (χ4n) is 13.0. The summed E-state index contributed by atoms with van der Waals surface area (Å²) in [5, 5.41) is 1.20. The van der Waals surface area contributed by atoms with Crippen LogP contribution in [0.5, 0.6) is 0 Å². The lowest BCUT2D eigenvalue weighted by Crippen LogP contribution is -2.48. The van der Waals surface area contributed by atoms with Crippen molar-refractivity contribution in [1.82, 2.24) is 0 Å². The van der Waals surface area contributed by atoms with Crippen molar-refractivity contribution < 1.29 is 9.15 Å². The minimum absolute atomic E-state index is 0.0457. The van der Waals surface area contributed by atoms with Crippen molar-refractivity contribution in [2.75, 3.05) is 9.80 Å². The van der Waals surface area contributed by atoms with Crippen molar-refractivity contribution in [3.8, 4) is 0 Å². The molecule has 1 aliphatic heterocycles. The minimum atomic E-state index is 0.0457. The highest BCUT2D eigenvalue weighted by Gasteiger charge is 2.50. The van der Waals surface area contributed by atoms with Gasteiger partial charge in [0.05, 0.1) is 30.3 Å². The molecule has 10 atom stereocenters. The number of para-hydroxylation sites is 2. The first kappa shape index (κ1) is 39.0. The van der Waals surface area contributed by atoms with Crippen LogP contribution >= 0.6 is 0 Å². The number of hydrogen-bond donors (Lipinski definition) is 0. The summed E-state index contributed by atoms with van der Waals surface area (Å²) in [6, 6.07) is 22.9. The van der Waals surface area contributed by atoms with Crippen LogP contribution in [-0.2, 0) is 11.2 Å². The van der Waals surface area contributed by atoms with E-state index in [1.165, 1.54) is 50.3 Å². The largest absolute Gasteiger partial charge is 0.458 e. The second-order valence-electron chi connectivity index (χ2n) is 20.0. The predicted molar refractivity (Wildman–Crippen MR) is 261 cm³/mol. The van der Waals surface area contributed by atoms with Crippen molar-refractivity contribution in [1.29, 1.82) is 0 Å². The van der Waals surface area contributed by atoms with Crippen molar-refractivity contribution in [2.24, 2.45) is 35.5 Å². The standard InChI is InChI=1S/C59H60N2O2/c1-35(2)47-33-52(60(38-18-7-6-8-19-38)50-25-15-22-43-39-20-10-13-27-54(39)62-58(43)50)45-31-29-42-48(36(3)4)34-53(46-32-30-41(47)56(45)57(42)46)61(49-24-12-9-17-37(49)5)51-26-16-23-44-40-21-11-14-28-55(40)63-59(44)51/h6-24,27-28,30,32-37,39,41,43,47,49-51,54,58H,25-26,29,31H2,1-5H3. The van der Waals surface area contributed by atoms with E-state index in [4.69, 9.17) is 9.15 Å². The molecule has 1 fully saturated rings. The highest BCUT2D eigenvalue weighted by Crippen LogP contribution is 2.57. The van der Waals surface area contributed by atoms with Crippen molar-refractivity contribution in [3.05, 3.63) is 184 Å². The number of nitrogens with zero attached hydrogens (tertiary/aromatic N) is 2. The summed E-state index contributed by atoms with van der Waals surface area (Å²) >= 11 is 0. The maximum absolute atomic E-state index is 7.13. The van der Waals surface area contributed by atoms with E-state index in [0.717, 1.165) is 37.0 Å². The number of fused-ring (bicyclic) bond motifs is 6. The normalized spacial score (nSPS) is 30.5. The molecule has 12 rings (SSSR count). The summed E-state index contributed by atoms with van der Waals surface area (Å²) < 4.78 is 14.1. The fourth-order valence-corrected chi connectivity index (χ4v) is 13.0. The van der Waals surface area contributed by atoms with Gasteiger partial charge in [0.15, 0.2) is 0 Å². The van der Waals surface area contributed by atoms with Gasteiger partial charge in [-0.15, -0.1) is 0 Å². The van der Waals surface area contributed by atoms with E-state index in [2.05, 4.69) is 196 Å². The van der Waals surface area contributed by atoms with Crippen LogP contribution < -0.4 is 9.80 Å². The van der Waals surface area contributed by atoms with E-state index in [0.29, 0.717) is 41.4 Å². The maximum atomic E-state index is 7.13. The molecule has 8 aliphatic rings. The third-order valence-electron chi connectivity index (χ3n) is 15.9. The first-order chi connectivity index (χ1) is 30.9. The zero-order chi connectivity index (χ0) is 42.5. The van der Waals surface area contributed by atoms with Crippen LogP contribution in [0, 0.1) is 35.5 Å². The zero-order valence-electron chi connectivity index (χ0n) is 37.4. The van der Waals surface area contributed by atoms with Gasteiger partial charge in [-0.1, -0.05) is 162 Å². The van der Waals surface area contributed by atoms with Gasteiger partial charge in [0.1, 0.15) is 11.3 Å². The number of rotatable bonds is 8. The molecule has 318 valence electrons. The van der Waals surface area contributed by atoms with Gasteiger partial charge in [0, 0.05) is 51.3 Å². The van der Waals surface area contributed by atoms with E-state index in [9.17, 15) is 0 Å². The van der Waals surface area contributed by atoms with Gasteiger partial charge in [0.2, 0.25) is 0 Å². The molecule has 4 aromatic rings. The monoisotopic (exact) mass is 828 g/mol. The van der Waals surface area contributed by atoms with Gasteiger partial charge in [0.25, 0.3) is 0 Å². The average Bonchev–Trinajstić information content (AvgIpc) is 3.89. The van der Waals surface area contributed by atoms with Crippen LogP contribution in [-0.4, -0.2) is 24.3 Å². The van der Waals surface area contributed by atoms with Gasteiger partial charge in [-0.3, -0.25) is 0 Å². The van der Waals surface area contributed by atoms with Crippen molar-refractivity contribution in [3.63, 3.8) is 0 Å². The average molecular weight is 829 g/mol. The van der Waals surface area contributed by atoms with E-state index in [-0.39, 0.29) is 30.3 Å². The minimum Gasteiger partial charge on any atom is -0.458 e. The Balaban J connectivity index is 1.07. The van der Waals surface area contributed by atoms with Gasteiger partial charge in [-0.25, -0.2) is 0 Å². The number of furan rings is 1. The van der Waals surface area contributed by atoms with Gasteiger partial charge in [-0.2, -0.15) is 0 Å². The number of allylic oxidation sites excluding steroid dienone is 8. The summed E-state index contributed by atoms with van der Waals surface area (Å²) in [5.41, 5.74) is 15.3. The summed E-state index contributed by atoms with van der Waals surface area (Å²) in [6.45, 7) is 12.1. The number of ether oxygens (including phenoxy) is 1. The SMILES string of the molecule is CC(C)c1cc(N(C2CC=Cc3c2oc2ccccc32)C2C=CC=CC2C)c2c3c1CCC1=C3C(C=C2)C(C(C)C)C=C1N(c1ccccc1)C1CC=CC2C3C=CC=CC3OC21. The lowest BCUT2D eigenvalue weighted by atomic mass is 9.63. The summed E-state index contributed by atoms with van der Waals surface area (Å²) in [4.78, 5) is 5.53.